The third-order valence-electron chi connectivity index (χ3n) is 1.76. The largest absolute Gasteiger partial charge is 0.321 e. The van der Waals surface area contributed by atoms with Crippen molar-refractivity contribution in [2.75, 3.05) is 0 Å². The van der Waals surface area contributed by atoms with Crippen molar-refractivity contribution in [1.29, 1.82) is 0 Å². The van der Waals surface area contributed by atoms with E-state index in [1.54, 1.807) is 0 Å². The first-order valence-electron chi connectivity index (χ1n) is 3.82. The van der Waals surface area contributed by atoms with Crippen LogP contribution in [0.2, 0.25) is 0 Å². The predicted molar refractivity (Wildman–Crippen MR) is 52.9 cm³/mol. The van der Waals surface area contributed by atoms with Crippen LogP contribution in [0.4, 0.5) is 0 Å². The molecule has 0 radical (unpaired) electrons. The minimum Gasteiger partial charge on any atom is -0.321 e. The molecule has 0 fully saturated rings. The third kappa shape index (κ3) is 1.54. The van der Waals surface area contributed by atoms with Gasteiger partial charge in [0.05, 0.1) is 21.4 Å². The highest BCUT2D eigenvalue weighted by molar-refractivity contribution is 9.10. The number of rotatable bonds is 1. The summed E-state index contributed by atoms with van der Waals surface area (Å²) in [6.07, 6.45) is 0. The topological polar surface area (TPSA) is 43.8 Å². The molecule has 0 bridgehead atoms. The van der Waals surface area contributed by atoms with Gasteiger partial charge in [-0.1, -0.05) is 0 Å². The third-order valence-corrected chi connectivity index (χ3v) is 2.71. The lowest BCUT2D eigenvalue weighted by Crippen LogP contribution is -2.31. The quantitative estimate of drug-likeness (QED) is 0.800. The minimum absolute atomic E-state index is 0.352. The summed E-state index contributed by atoms with van der Waals surface area (Å²) in [7, 11) is 1.90. The minimum atomic E-state index is -0.352. The number of hydrogen-bond donors (Lipinski definition) is 1. The molecule has 12 heavy (non-hydrogen) atoms. The molecule has 0 amide bonds. The molecule has 1 heterocycles. The highest BCUT2D eigenvalue weighted by Crippen LogP contribution is 2.27. The Morgan fingerprint density at radius 3 is 2.17 bits per heavy atom. The molecule has 0 aliphatic rings. The van der Waals surface area contributed by atoms with E-state index in [0.717, 1.165) is 15.9 Å². The molecule has 0 aliphatic heterocycles. The number of aryl methyl sites for hydroxylation is 2. The molecule has 1 rings (SSSR count). The Balaban J connectivity index is 3.32. The number of nitrogens with zero attached hydrogens (tertiary/aromatic N) is 2. The molecule has 0 saturated carbocycles. The van der Waals surface area contributed by atoms with Crippen molar-refractivity contribution in [3.63, 3.8) is 0 Å². The Hall–Kier alpha value is -0.350. The molecule has 0 saturated heterocycles. The summed E-state index contributed by atoms with van der Waals surface area (Å²) in [6, 6.07) is 0. The zero-order valence-corrected chi connectivity index (χ0v) is 9.44. The predicted octanol–water partition coefficient (Wildman–Crippen LogP) is 1.68. The van der Waals surface area contributed by atoms with Crippen molar-refractivity contribution < 1.29 is 0 Å². The van der Waals surface area contributed by atoms with Crippen molar-refractivity contribution in [1.82, 2.24) is 9.78 Å². The second kappa shape index (κ2) is 2.85. The second-order valence-electron chi connectivity index (χ2n) is 3.59. The lowest BCUT2D eigenvalue weighted by atomic mass is 10.0. The highest BCUT2D eigenvalue weighted by atomic mass is 79.9. The standard InChI is InChI=1S/C8H14BrN3/c1-5-6(9)7(8(2,3)10)12(4)11-5/h10H2,1-4H3. The maximum atomic E-state index is 5.98. The van der Waals surface area contributed by atoms with Crippen LogP contribution >= 0.6 is 15.9 Å². The average molecular weight is 232 g/mol. The molecule has 0 atom stereocenters. The summed E-state index contributed by atoms with van der Waals surface area (Å²) in [5, 5.41) is 4.27. The number of nitrogens with two attached hydrogens (primary N) is 1. The Kier molecular flexibility index (Phi) is 2.31. The normalized spacial score (nSPS) is 12.2. The van der Waals surface area contributed by atoms with E-state index in [9.17, 15) is 0 Å². The second-order valence-corrected chi connectivity index (χ2v) is 4.39. The fourth-order valence-corrected chi connectivity index (χ4v) is 2.18. The molecule has 0 unspecified atom stereocenters. The highest BCUT2D eigenvalue weighted by Gasteiger charge is 2.23. The Labute approximate surface area is 81.1 Å². The van der Waals surface area contributed by atoms with Crippen molar-refractivity contribution in [3.8, 4) is 0 Å². The van der Waals surface area contributed by atoms with Crippen LogP contribution in [0.15, 0.2) is 4.47 Å². The van der Waals surface area contributed by atoms with Crippen LogP contribution in [-0.2, 0) is 12.6 Å². The van der Waals surface area contributed by atoms with Crippen LogP contribution in [0, 0.1) is 6.92 Å². The summed E-state index contributed by atoms with van der Waals surface area (Å²) in [4.78, 5) is 0. The summed E-state index contributed by atoms with van der Waals surface area (Å²) in [6.45, 7) is 5.89. The van der Waals surface area contributed by atoms with E-state index in [1.165, 1.54) is 0 Å². The van der Waals surface area contributed by atoms with Crippen molar-refractivity contribution >= 4 is 15.9 Å². The van der Waals surface area contributed by atoms with Gasteiger partial charge >= 0.3 is 0 Å². The fourth-order valence-electron chi connectivity index (χ4n) is 1.33. The molecule has 3 nitrogen and oxygen atoms in total. The Morgan fingerprint density at radius 1 is 1.50 bits per heavy atom. The number of halogens is 1. The monoisotopic (exact) mass is 231 g/mol. The average Bonchev–Trinajstić information content (AvgIpc) is 2.05. The van der Waals surface area contributed by atoms with E-state index in [-0.39, 0.29) is 5.54 Å². The van der Waals surface area contributed by atoms with Gasteiger partial charge in [0.1, 0.15) is 0 Å². The first-order valence-corrected chi connectivity index (χ1v) is 4.62. The van der Waals surface area contributed by atoms with Crippen LogP contribution in [0.25, 0.3) is 0 Å². The Bertz CT molecular complexity index is 296. The SMILES string of the molecule is Cc1nn(C)c(C(C)(C)N)c1Br. The molecule has 0 spiro atoms. The Morgan fingerprint density at radius 2 is 2.00 bits per heavy atom. The van der Waals surface area contributed by atoms with Gasteiger partial charge in [-0.2, -0.15) is 5.10 Å². The van der Waals surface area contributed by atoms with Gasteiger partial charge in [0.25, 0.3) is 0 Å². The summed E-state index contributed by atoms with van der Waals surface area (Å²) in [5.41, 5.74) is 7.63. The zero-order chi connectivity index (χ0) is 9.52. The van der Waals surface area contributed by atoms with Gasteiger partial charge in [-0.05, 0) is 36.7 Å². The van der Waals surface area contributed by atoms with Crippen molar-refractivity contribution in [2.24, 2.45) is 12.8 Å². The van der Waals surface area contributed by atoms with Crippen LogP contribution < -0.4 is 5.73 Å². The van der Waals surface area contributed by atoms with E-state index in [1.807, 2.05) is 32.5 Å². The lowest BCUT2D eigenvalue weighted by Gasteiger charge is -2.19. The summed E-state index contributed by atoms with van der Waals surface area (Å²) in [5.74, 6) is 0. The van der Waals surface area contributed by atoms with Crippen LogP contribution in [0.5, 0.6) is 0 Å². The molecule has 68 valence electrons. The summed E-state index contributed by atoms with van der Waals surface area (Å²) >= 11 is 3.47. The molecule has 1 aromatic heterocycles. The molecule has 2 N–H and O–H groups in total. The van der Waals surface area contributed by atoms with Crippen LogP contribution in [0.1, 0.15) is 25.2 Å². The van der Waals surface area contributed by atoms with Crippen molar-refractivity contribution in [2.45, 2.75) is 26.3 Å². The molecule has 1 aromatic rings. The molecular formula is C8H14BrN3. The van der Waals surface area contributed by atoms with Gasteiger partial charge in [0.15, 0.2) is 0 Å². The summed E-state index contributed by atoms with van der Waals surface area (Å²) < 4.78 is 2.83. The fraction of sp³-hybridized carbons (Fsp3) is 0.625. The van der Waals surface area contributed by atoms with Gasteiger partial charge < -0.3 is 5.73 Å². The van der Waals surface area contributed by atoms with Gasteiger partial charge in [-0.25, -0.2) is 0 Å². The van der Waals surface area contributed by atoms with Crippen LogP contribution in [-0.4, -0.2) is 9.78 Å². The number of aromatic nitrogens is 2. The molecule has 0 aromatic carbocycles. The lowest BCUT2D eigenvalue weighted by molar-refractivity contribution is 0.494. The van der Waals surface area contributed by atoms with E-state index in [4.69, 9.17) is 5.73 Å². The van der Waals surface area contributed by atoms with E-state index in [2.05, 4.69) is 21.0 Å². The maximum Gasteiger partial charge on any atom is 0.0739 e. The van der Waals surface area contributed by atoms with Gasteiger partial charge in [0, 0.05) is 7.05 Å². The van der Waals surface area contributed by atoms with Gasteiger partial charge in [-0.15, -0.1) is 0 Å². The maximum absolute atomic E-state index is 5.98. The molecule has 0 aliphatic carbocycles. The molecular weight excluding hydrogens is 218 g/mol. The smallest absolute Gasteiger partial charge is 0.0739 e. The van der Waals surface area contributed by atoms with Crippen LogP contribution in [0.3, 0.4) is 0 Å². The van der Waals surface area contributed by atoms with E-state index >= 15 is 0 Å². The van der Waals surface area contributed by atoms with E-state index < -0.39 is 0 Å². The molecule has 4 heteroatoms. The first kappa shape index (κ1) is 9.74. The van der Waals surface area contributed by atoms with Gasteiger partial charge in [-0.3, -0.25) is 4.68 Å². The van der Waals surface area contributed by atoms with Gasteiger partial charge in [0.2, 0.25) is 0 Å². The number of hydrogen-bond acceptors (Lipinski definition) is 2. The van der Waals surface area contributed by atoms with E-state index in [0.29, 0.717) is 0 Å². The first-order chi connectivity index (χ1) is 5.34. The van der Waals surface area contributed by atoms with Crippen molar-refractivity contribution in [3.05, 3.63) is 15.9 Å². The zero-order valence-electron chi connectivity index (χ0n) is 7.85.